The lowest BCUT2D eigenvalue weighted by atomic mass is 10.0. The Bertz CT molecular complexity index is 416. The summed E-state index contributed by atoms with van der Waals surface area (Å²) in [5, 5.41) is 4.49. The third-order valence-electron chi connectivity index (χ3n) is 4.30. The highest BCUT2D eigenvalue weighted by molar-refractivity contribution is 6.30. The summed E-state index contributed by atoms with van der Waals surface area (Å²) in [5.41, 5.74) is 1.30. The van der Waals surface area contributed by atoms with Crippen molar-refractivity contribution in [2.24, 2.45) is 0 Å². The highest BCUT2D eigenvalue weighted by atomic mass is 35.5. The first kappa shape index (κ1) is 16.8. The minimum absolute atomic E-state index is 0.413. The predicted molar refractivity (Wildman–Crippen MR) is 91.0 cm³/mol. The van der Waals surface area contributed by atoms with E-state index in [1.165, 1.54) is 44.7 Å². The van der Waals surface area contributed by atoms with Crippen LogP contribution in [0.2, 0.25) is 5.02 Å². The van der Waals surface area contributed by atoms with E-state index in [0.29, 0.717) is 6.04 Å². The molecule has 1 N–H and O–H groups in total. The largest absolute Gasteiger partial charge is 0.310 e. The molecule has 1 saturated heterocycles. The summed E-state index contributed by atoms with van der Waals surface area (Å²) >= 11 is 6.08. The normalized spacial score (nSPS) is 18.8. The summed E-state index contributed by atoms with van der Waals surface area (Å²) in [6.07, 6.45) is 2.30. The number of benzene rings is 1. The smallest absolute Gasteiger partial charge is 0.0409 e. The molecule has 0 aromatic heterocycles. The highest BCUT2D eigenvalue weighted by Gasteiger charge is 2.13. The molecule has 0 spiro atoms. The van der Waals surface area contributed by atoms with Gasteiger partial charge in [0.2, 0.25) is 0 Å². The molecular formula is C17H28ClN3. The van der Waals surface area contributed by atoms with Gasteiger partial charge in [-0.3, -0.25) is 0 Å². The number of piperazine rings is 1. The molecular weight excluding hydrogens is 282 g/mol. The molecule has 21 heavy (non-hydrogen) atoms. The lowest BCUT2D eigenvalue weighted by molar-refractivity contribution is 0.152. The number of halogens is 1. The van der Waals surface area contributed by atoms with Crippen LogP contribution in [0.3, 0.4) is 0 Å². The molecule has 3 nitrogen and oxygen atoms in total. The molecule has 1 heterocycles. The lowest BCUT2D eigenvalue weighted by Crippen LogP contribution is -2.45. The van der Waals surface area contributed by atoms with Crippen molar-refractivity contribution in [2.45, 2.75) is 25.8 Å². The first-order chi connectivity index (χ1) is 10.2. The molecule has 1 aliphatic rings. The quantitative estimate of drug-likeness (QED) is 0.781. The van der Waals surface area contributed by atoms with Crippen molar-refractivity contribution in [1.29, 1.82) is 0 Å². The highest BCUT2D eigenvalue weighted by Crippen LogP contribution is 2.20. The lowest BCUT2D eigenvalue weighted by Gasteiger charge is -2.32. The molecule has 0 radical (unpaired) electrons. The van der Waals surface area contributed by atoms with Gasteiger partial charge in [-0.15, -0.1) is 0 Å². The molecule has 0 bridgehead atoms. The van der Waals surface area contributed by atoms with E-state index in [9.17, 15) is 0 Å². The van der Waals surface area contributed by atoms with Gasteiger partial charge in [-0.25, -0.2) is 0 Å². The van der Waals surface area contributed by atoms with Crippen LogP contribution in [-0.4, -0.2) is 56.1 Å². The van der Waals surface area contributed by atoms with Gasteiger partial charge in [0.05, 0.1) is 0 Å². The van der Waals surface area contributed by atoms with Crippen LogP contribution in [0.15, 0.2) is 24.3 Å². The van der Waals surface area contributed by atoms with E-state index in [1.54, 1.807) is 0 Å². The Morgan fingerprint density at radius 1 is 1.24 bits per heavy atom. The van der Waals surface area contributed by atoms with Crippen LogP contribution in [0.25, 0.3) is 0 Å². The second-order valence-corrected chi connectivity index (χ2v) is 6.40. The van der Waals surface area contributed by atoms with Gasteiger partial charge in [-0.2, -0.15) is 0 Å². The van der Waals surface area contributed by atoms with Crippen molar-refractivity contribution in [1.82, 2.24) is 15.1 Å². The standard InChI is InChI=1S/C17H28ClN3/c1-3-17(15-6-4-7-16(18)14-15)19-8-5-9-21-12-10-20(2)11-13-21/h4,6-7,14,17,19H,3,5,8-13H2,1-2H3. The van der Waals surface area contributed by atoms with Crippen LogP contribution in [0.1, 0.15) is 31.4 Å². The number of nitrogens with one attached hydrogen (secondary N) is 1. The number of rotatable bonds is 7. The molecule has 1 atom stereocenters. The maximum absolute atomic E-state index is 6.08. The molecule has 118 valence electrons. The number of hydrogen-bond acceptors (Lipinski definition) is 3. The summed E-state index contributed by atoms with van der Waals surface area (Å²) in [4.78, 5) is 4.98. The third kappa shape index (κ3) is 5.59. The zero-order valence-corrected chi connectivity index (χ0v) is 14.1. The molecule has 0 aliphatic carbocycles. The van der Waals surface area contributed by atoms with Crippen molar-refractivity contribution in [2.75, 3.05) is 46.3 Å². The van der Waals surface area contributed by atoms with Crippen molar-refractivity contribution < 1.29 is 0 Å². The first-order valence-electron chi connectivity index (χ1n) is 8.08. The molecule has 1 aliphatic heterocycles. The van der Waals surface area contributed by atoms with Crippen molar-refractivity contribution >= 4 is 11.6 Å². The van der Waals surface area contributed by atoms with Gasteiger partial charge in [0.1, 0.15) is 0 Å². The van der Waals surface area contributed by atoms with Crippen molar-refractivity contribution in [3.8, 4) is 0 Å². The maximum Gasteiger partial charge on any atom is 0.0409 e. The van der Waals surface area contributed by atoms with E-state index in [0.717, 1.165) is 18.0 Å². The fourth-order valence-corrected chi connectivity index (χ4v) is 3.07. The molecule has 4 heteroatoms. The van der Waals surface area contributed by atoms with Crippen LogP contribution < -0.4 is 5.32 Å². The number of likely N-dealkylation sites (N-methyl/N-ethyl adjacent to an activating group) is 1. The van der Waals surface area contributed by atoms with Gasteiger partial charge in [0, 0.05) is 37.2 Å². The van der Waals surface area contributed by atoms with E-state index in [2.05, 4.69) is 41.2 Å². The Labute approximate surface area is 134 Å². The zero-order valence-electron chi connectivity index (χ0n) is 13.3. The summed E-state index contributed by atoms with van der Waals surface area (Å²) in [5.74, 6) is 0. The Morgan fingerprint density at radius 3 is 2.67 bits per heavy atom. The van der Waals surface area contributed by atoms with E-state index < -0.39 is 0 Å². The molecule has 0 amide bonds. The first-order valence-corrected chi connectivity index (χ1v) is 8.46. The monoisotopic (exact) mass is 309 g/mol. The van der Waals surface area contributed by atoms with Gasteiger partial charge < -0.3 is 15.1 Å². The summed E-state index contributed by atoms with van der Waals surface area (Å²) in [7, 11) is 2.20. The van der Waals surface area contributed by atoms with Crippen LogP contribution in [0, 0.1) is 0 Å². The molecule has 1 aromatic carbocycles. The average Bonchev–Trinajstić information content (AvgIpc) is 2.49. The van der Waals surface area contributed by atoms with Crippen molar-refractivity contribution in [3.05, 3.63) is 34.9 Å². The second kappa shape index (κ2) is 8.74. The van der Waals surface area contributed by atoms with E-state index in [-0.39, 0.29) is 0 Å². The molecule has 0 saturated carbocycles. The van der Waals surface area contributed by atoms with Crippen LogP contribution in [-0.2, 0) is 0 Å². The fourth-order valence-electron chi connectivity index (χ4n) is 2.87. The third-order valence-corrected chi connectivity index (χ3v) is 4.53. The second-order valence-electron chi connectivity index (χ2n) is 5.97. The van der Waals surface area contributed by atoms with E-state index in [4.69, 9.17) is 11.6 Å². The summed E-state index contributed by atoms with van der Waals surface area (Å²) in [6.45, 7) is 9.31. The number of nitrogens with zero attached hydrogens (tertiary/aromatic N) is 2. The SMILES string of the molecule is CCC(NCCCN1CCN(C)CC1)c1cccc(Cl)c1. The minimum Gasteiger partial charge on any atom is -0.310 e. The van der Waals surface area contributed by atoms with Gasteiger partial charge >= 0.3 is 0 Å². The van der Waals surface area contributed by atoms with Gasteiger partial charge in [0.15, 0.2) is 0 Å². The number of hydrogen-bond donors (Lipinski definition) is 1. The minimum atomic E-state index is 0.413. The molecule has 2 rings (SSSR count). The van der Waals surface area contributed by atoms with Crippen LogP contribution in [0.4, 0.5) is 0 Å². The topological polar surface area (TPSA) is 18.5 Å². The maximum atomic E-state index is 6.08. The molecule has 1 fully saturated rings. The van der Waals surface area contributed by atoms with Crippen LogP contribution in [0.5, 0.6) is 0 Å². The average molecular weight is 310 g/mol. The summed E-state index contributed by atoms with van der Waals surface area (Å²) < 4.78 is 0. The van der Waals surface area contributed by atoms with Crippen molar-refractivity contribution in [3.63, 3.8) is 0 Å². The van der Waals surface area contributed by atoms with Gasteiger partial charge in [-0.1, -0.05) is 30.7 Å². The molecule has 1 aromatic rings. The Hall–Kier alpha value is -0.610. The van der Waals surface area contributed by atoms with Gasteiger partial charge in [-0.05, 0) is 50.7 Å². The summed E-state index contributed by atoms with van der Waals surface area (Å²) in [6, 6.07) is 8.62. The zero-order chi connectivity index (χ0) is 15.1. The fraction of sp³-hybridized carbons (Fsp3) is 0.647. The van der Waals surface area contributed by atoms with E-state index in [1.807, 2.05) is 12.1 Å². The molecule has 1 unspecified atom stereocenters. The predicted octanol–water partition coefficient (Wildman–Crippen LogP) is 3.02. The van der Waals surface area contributed by atoms with Crippen LogP contribution >= 0.6 is 11.6 Å². The van der Waals surface area contributed by atoms with Gasteiger partial charge in [0.25, 0.3) is 0 Å². The van der Waals surface area contributed by atoms with E-state index >= 15 is 0 Å². The Kier molecular flexibility index (Phi) is 6.97. The Balaban J connectivity index is 1.69. The Morgan fingerprint density at radius 2 is 2.00 bits per heavy atom.